The molecule has 11 rings (SSSR count). The van der Waals surface area contributed by atoms with E-state index in [-0.39, 0.29) is 40.8 Å². The Hall–Kier alpha value is -6.96. The summed E-state index contributed by atoms with van der Waals surface area (Å²) in [5, 5.41) is -0.468. The maximum Gasteiger partial charge on any atom is 0.229 e. The minimum absolute atomic E-state index is 0.0116. The molecule has 0 amide bonds. The molecule has 0 bridgehead atoms. The number of hydrogen-bond acceptors (Lipinski definition) is 3. The molecule has 2 heterocycles. The second-order valence-corrected chi connectivity index (χ2v) is 26.2. The lowest BCUT2D eigenvalue weighted by Crippen LogP contribution is -2.69. The summed E-state index contributed by atoms with van der Waals surface area (Å²) in [5.74, 6) is 0.804. The largest absolute Gasteiger partial charge is 0.341 e. The quantitative estimate of drug-likeness (QED) is 0.113. The molecule has 4 aliphatic carbocycles. The fourth-order valence-corrected chi connectivity index (χ4v) is 13.3. The van der Waals surface area contributed by atoms with Gasteiger partial charge in [-0.15, -0.1) is 0 Å². The van der Waals surface area contributed by atoms with Crippen LogP contribution in [0, 0.1) is 19.8 Å². The van der Waals surface area contributed by atoms with Gasteiger partial charge in [0, 0.05) is 63.9 Å². The van der Waals surface area contributed by atoms with Gasteiger partial charge in [0.15, 0.2) is 0 Å². The van der Waals surface area contributed by atoms with Crippen molar-refractivity contribution in [3.63, 3.8) is 0 Å². The minimum atomic E-state index is -0.468. The van der Waals surface area contributed by atoms with Crippen molar-refractivity contribution in [2.75, 3.05) is 21.2 Å². The van der Waals surface area contributed by atoms with E-state index in [1.807, 2.05) is 6.08 Å². The van der Waals surface area contributed by atoms with Crippen LogP contribution in [-0.4, -0.2) is 19.3 Å². The molecule has 5 unspecified atom stereocenters. The first kappa shape index (κ1) is 51.2. The van der Waals surface area contributed by atoms with Gasteiger partial charge in [-0.1, -0.05) is 208 Å². The van der Waals surface area contributed by atoms with E-state index >= 15 is 0 Å². The van der Waals surface area contributed by atoms with Crippen molar-refractivity contribution in [1.82, 2.24) is 0 Å². The number of aryl methyl sites for hydroxylation is 2. The molecule has 0 saturated heterocycles. The zero-order valence-corrected chi connectivity index (χ0v) is 47.8. The summed E-state index contributed by atoms with van der Waals surface area (Å²) in [4.78, 5) is 8.06. The van der Waals surface area contributed by atoms with Crippen LogP contribution in [-0.2, 0) is 16.2 Å². The average molecular weight is 996 g/mol. The summed E-state index contributed by atoms with van der Waals surface area (Å²) in [6, 6.07) is 40.6. The standard InChI is InChI=1S/C72H78BN3/c1-47-28-30-51(60(40-47)58-26-20-18-22-49(58)3)46-74-65-38-33-53(70(8,9)10)42-62(65)73-63-43-54(71(11,12)13)34-39-66(63)76(64-37-29-48(2)41-61(64)59-27-21-19-23-50(59)4)68-45-57(44-67(74)72(68,73)14)75(55-24-16-15-17-25-55)56-35-31-52(32-36-56)69(5,6)7/h16,18-39,41-45,50,59-60,68H,40,46H2,1-14H3. The van der Waals surface area contributed by atoms with E-state index in [1.54, 1.807) is 0 Å². The van der Waals surface area contributed by atoms with E-state index in [1.165, 1.54) is 83.8 Å². The van der Waals surface area contributed by atoms with Crippen LogP contribution in [0.2, 0.25) is 5.31 Å². The highest BCUT2D eigenvalue weighted by Crippen LogP contribution is 2.60. The normalized spacial score (nSPS) is 22.6. The summed E-state index contributed by atoms with van der Waals surface area (Å²) in [7, 11) is 0. The van der Waals surface area contributed by atoms with E-state index in [0.29, 0.717) is 5.92 Å². The average Bonchev–Trinajstić information content (AvgIpc) is 3.45. The Balaban J connectivity index is 1.25. The lowest BCUT2D eigenvalue weighted by atomic mass is 9.22. The van der Waals surface area contributed by atoms with Crippen LogP contribution in [0.3, 0.4) is 0 Å². The van der Waals surface area contributed by atoms with E-state index < -0.39 is 5.31 Å². The monoisotopic (exact) mass is 996 g/mol. The van der Waals surface area contributed by atoms with E-state index in [0.717, 1.165) is 30.0 Å². The Morgan fingerprint density at radius 2 is 1.30 bits per heavy atom. The number of hydrogen-bond donors (Lipinski definition) is 0. The maximum absolute atomic E-state index is 3.37. The second-order valence-electron chi connectivity index (χ2n) is 26.2. The Morgan fingerprint density at radius 3 is 1.96 bits per heavy atom. The Labute approximate surface area is 456 Å². The molecule has 3 nitrogen and oxygen atoms in total. The molecule has 0 fully saturated rings. The summed E-state index contributed by atoms with van der Waals surface area (Å²) in [6.07, 6.45) is 26.7. The van der Waals surface area contributed by atoms with Crippen LogP contribution in [0.15, 0.2) is 210 Å². The topological polar surface area (TPSA) is 9.72 Å². The van der Waals surface area contributed by atoms with Crippen molar-refractivity contribution >= 4 is 40.4 Å². The third-order valence-corrected chi connectivity index (χ3v) is 17.7. The lowest BCUT2D eigenvalue weighted by molar-refractivity contribution is 0.548. The van der Waals surface area contributed by atoms with Crippen molar-refractivity contribution in [2.24, 2.45) is 5.92 Å². The predicted octanol–water partition coefficient (Wildman–Crippen LogP) is 16.9. The van der Waals surface area contributed by atoms with Gasteiger partial charge in [0.2, 0.25) is 6.71 Å². The summed E-state index contributed by atoms with van der Waals surface area (Å²) < 4.78 is 0. The molecule has 6 aliphatic rings. The molecule has 0 radical (unpaired) electrons. The third kappa shape index (κ3) is 8.92. The van der Waals surface area contributed by atoms with Crippen LogP contribution < -0.4 is 25.6 Å². The predicted molar refractivity (Wildman–Crippen MR) is 327 cm³/mol. The van der Waals surface area contributed by atoms with Crippen molar-refractivity contribution in [3.05, 3.63) is 249 Å². The fraction of sp³-hybridized carbons (Fsp3) is 0.333. The molecular weight excluding hydrogens is 918 g/mol. The van der Waals surface area contributed by atoms with Crippen molar-refractivity contribution in [3.8, 4) is 0 Å². The molecule has 5 aromatic rings. The van der Waals surface area contributed by atoms with Crippen LogP contribution in [0.5, 0.6) is 0 Å². The van der Waals surface area contributed by atoms with Gasteiger partial charge >= 0.3 is 0 Å². The van der Waals surface area contributed by atoms with Gasteiger partial charge < -0.3 is 14.7 Å². The molecule has 4 heteroatoms. The van der Waals surface area contributed by atoms with Crippen LogP contribution in [0.25, 0.3) is 0 Å². The SMILES string of the molecule is CC1=CC=C(CN2C3=CC(N(C4=CC=C=C=C4)c4ccc(C(C)(C)C)cc4)=CC4N(c5ccc(C)cc5C5C=CC=CC5C)c5ccc(C(C)(C)C)cc5B(c5cc(C(C)(C)C)ccc52)C34C)C(c2ccccc2C)C1. The zero-order valence-electron chi connectivity index (χ0n) is 47.8. The molecule has 0 aromatic heterocycles. The van der Waals surface area contributed by atoms with Gasteiger partial charge in [-0.25, -0.2) is 0 Å². The number of fused-ring (bicyclic) bond motifs is 4. The van der Waals surface area contributed by atoms with Crippen molar-refractivity contribution < 1.29 is 0 Å². The van der Waals surface area contributed by atoms with Crippen molar-refractivity contribution in [2.45, 2.75) is 143 Å². The number of allylic oxidation sites excluding steroid dienone is 11. The van der Waals surface area contributed by atoms with Gasteiger partial charge in [0.1, 0.15) is 0 Å². The first-order chi connectivity index (χ1) is 36.1. The highest BCUT2D eigenvalue weighted by molar-refractivity contribution is 6.91. The lowest BCUT2D eigenvalue weighted by Gasteiger charge is -2.60. The van der Waals surface area contributed by atoms with Gasteiger partial charge in [-0.05, 0) is 154 Å². The van der Waals surface area contributed by atoms with E-state index in [4.69, 9.17) is 0 Å². The minimum Gasteiger partial charge on any atom is -0.341 e. The second kappa shape index (κ2) is 19.0. The summed E-state index contributed by atoms with van der Waals surface area (Å²) >= 11 is 0. The molecular formula is C72H78BN3. The van der Waals surface area contributed by atoms with Crippen LogP contribution in [0.4, 0.5) is 22.7 Å². The van der Waals surface area contributed by atoms with Gasteiger partial charge in [0.25, 0.3) is 0 Å². The molecule has 5 aromatic carbocycles. The molecule has 384 valence electrons. The highest BCUT2D eigenvalue weighted by atomic mass is 15.2. The highest BCUT2D eigenvalue weighted by Gasteiger charge is 2.61. The molecule has 0 spiro atoms. The summed E-state index contributed by atoms with van der Waals surface area (Å²) in [6.45, 7) is 33.8. The summed E-state index contributed by atoms with van der Waals surface area (Å²) in [5.41, 5.74) is 30.1. The Morgan fingerprint density at radius 1 is 0.658 bits per heavy atom. The molecule has 0 saturated carbocycles. The third-order valence-electron chi connectivity index (χ3n) is 17.7. The molecule has 0 N–H and O–H groups in total. The van der Waals surface area contributed by atoms with Crippen molar-refractivity contribution in [1.29, 1.82) is 0 Å². The zero-order chi connectivity index (χ0) is 53.6. The Kier molecular flexibility index (Phi) is 12.8. The number of benzene rings is 5. The van der Waals surface area contributed by atoms with Gasteiger partial charge in [-0.2, -0.15) is 0 Å². The number of anilines is 4. The number of nitrogens with zero attached hydrogens (tertiary/aromatic N) is 3. The molecule has 76 heavy (non-hydrogen) atoms. The molecule has 5 atom stereocenters. The van der Waals surface area contributed by atoms with Crippen LogP contribution >= 0.6 is 0 Å². The first-order valence-corrected chi connectivity index (χ1v) is 28.1. The fourth-order valence-electron chi connectivity index (χ4n) is 13.3. The van der Waals surface area contributed by atoms with Gasteiger partial charge in [0.05, 0.1) is 11.7 Å². The van der Waals surface area contributed by atoms with Gasteiger partial charge in [-0.3, -0.25) is 0 Å². The van der Waals surface area contributed by atoms with E-state index in [9.17, 15) is 0 Å². The maximum atomic E-state index is 3.37. The van der Waals surface area contributed by atoms with E-state index in [2.05, 4.69) is 287 Å². The Bertz CT molecular complexity index is 3500. The first-order valence-electron chi connectivity index (χ1n) is 28.1. The smallest absolute Gasteiger partial charge is 0.229 e. The van der Waals surface area contributed by atoms with Crippen LogP contribution in [0.1, 0.15) is 140 Å². The number of rotatable bonds is 8. The molecule has 2 aliphatic heterocycles.